The van der Waals surface area contributed by atoms with E-state index >= 15 is 0 Å². The van der Waals surface area contributed by atoms with Crippen molar-refractivity contribution >= 4 is 37.3 Å². The predicted octanol–water partition coefficient (Wildman–Crippen LogP) is 3.45. The zero-order valence-corrected chi connectivity index (χ0v) is 13.0. The van der Waals surface area contributed by atoms with Gasteiger partial charge in [-0.3, -0.25) is 0 Å². The lowest BCUT2D eigenvalue weighted by atomic mass is 10.3. The van der Waals surface area contributed by atoms with Crippen LogP contribution < -0.4 is 4.72 Å². The third-order valence-electron chi connectivity index (χ3n) is 2.33. The van der Waals surface area contributed by atoms with Gasteiger partial charge in [0.15, 0.2) is 0 Å². The third-order valence-corrected chi connectivity index (χ3v) is 5.99. The molecule has 7 heteroatoms. The van der Waals surface area contributed by atoms with E-state index in [0.717, 1.165) is 9.55 Å². The van der Waals surface area contributed by atoms with Gasteiger partial charge in [-0.2, -0.15) is 0 Å². The second kappa shape index (κ2) is 5.16. The highest BCUT2D eigenvalue weighted by atomic mass is 79.9. The minimum Gasteiger partial charge on any atom is -0.465 e. The maximum absolute atomic E-state index is 12.1. The Balaban J connectivity index is 2.18. The molecule has 0 saturated heterocycles. The number of nitrogens with one attached hydrogen (secondary N) is 1. The molecule has 2 rings (SSSR count). The first-order chi connectivity index (χ1) is 8.38. The highest BCUT2D eigenvalue weighted by Crippen LogP contribution is 2.27. The van der Waals surface area contributed by atoms with Crippen LogP contribution >= 0.6 is 27.3 Å². The molecule has 0 aliphatic carbocycles. The zero-order chi connectivity index (χ0) is 13.3. The molecule has 0 aliphatic rings. The third kappa shape index (κ3) is 3.03. The van der Waals surface area contributed by atoms with Crippen LogP contribution in [0.1, 0.15) is 24.5 Å². The zero-order valence-electron chi connectivity index (χ0n) is 9.81. The Morgan fingerprint density at radius 2 is 2.06 bits per heavy atom. The van der Waals surface area contributed by atoms with Crippen LogP contribution in [0.2, 0.25) is 0 Å². The van der Waals surface area contributed by atoms with E-state index in [0.29, 0.717) is 5.76 Å². The van der Waals surface area contributed by atoms with E-state index < -0.39 is 16.1 Å². The molecule has 0 aromatic carbocycles. The van der Waals surface area contributed by atoms with E-state index in [1.54, 1.807) is 25.1 Å². The number of halogens is 1. The quantitative estimate of drug-likeness (QED) is 0.919. The first-order valence-electron chi connectivity index (χ1n) is 5.22. The molecule has 18 heavy (non-hydrogen) atoms. The largest absolute Gasteiger partial charge is 0.465 e. The topological polar surface area (TPSA) is 59.3 Å². The van der Waals surface area contributed by atoms with Crippen LogP contribution in [0.4, 0.5) is 0 Å². The summed E-state index contributed by atoms with van der Waals surface area (Å²) in [5.74, 6) is 1.36. The lowest BCUT2D eigenvalue weighted by Gasteiger charge is -2.10. The second-order valence-corrected chi connectivity index (χ2v) is 8.25. The highest BCUT2D eigenvalue weighted by molar-refractivity contribution is 9.11. The molecule has 1 atom stereocenters. The van der Waals surface area contributed by atoms with Crippen LogP contribution in [-0.4, -0.2) is 8.42 Å². The van der Waals surface area contributed by atoms with Crippen molar-refractivity contribution < 1.29 is 12.8 Å². The van der Waals surface area contributed by atoms with Crippen molar-refractivity contribution in [1.82, 2.24) is 4.72 Å². The summed E-state index contributed by atoms with van der Waals surface area (Å²) in [5.41, 5.74) is 0. The van der Waals surface area contributed by atoms with E-state index in [-0.39, 0.29) is 4.21 Å². The number of rotatable bonds is 4. The Labute approximate surface area is 118 Å². The molecule has 98 valence electrons. The summed E-state index contributed by atoms with van der Waals surface area (Å²) in [4.78, 5) is 0. The standard InChI is InChI=1S/C11H12BrNO3S2/c1-7-3-4-9(16-7)8(2)13-18(14,15)11-6-5-10(12)17-11/h3-6,8,13H,1-2H3. The highest BCUT2D eigenvalue weighted by Gasteiger charge is 2.21. The summed E-state index contributed by atoms with van der Waals surface area (Å²) >= 11 is 4.42. The molecule has 2 heterocycles. The van der Waals surface area contributed by atoms with Crippen molar-refractivity contribution in [2.24, 2.45) is 0 Å². The van der Waals surface area contributed by atoms with Crippen molar-refractivity contribution in [2.75, 3.05) is 0 Å². The number of sulfonamides is 1. The Morgan fingerprint density at radius 3 is 2.56 bits per heavy atom. The van der Waals surface area contributed by atoms with Crippen molar-refractivity contribution in [3.63, 3.8) is 0 Å². The van der Waals surface area contributed by atoms with Crippen LogP contribution in [0, 0.1) is 6.92 Å². The van der Waals surface area contributed by atoms with Gasteiger partial charge in [-0.05, 0) is 54.0 Å². The Hall–Kier alpha value is -0.630. The smallest absolute Gasteiger partial charge is 0.250 e. The fourth-order valence-corrected chi connectivity index (χ4v) is 4.72. The predicted molar refractivity (Wildman–Crippen MR) is 74.2 cm³/mol. The number of furan rings is 1. The molecule has 0 fully saturated rings. The summed E-state index contributed by atoms with van der Waals surface area (Å²) in [5, 5.41) is 0. The Kier molecular flexibility index (Phi) is 3.96. The van der Waals surface area contributed by atoms with Gasteiger partial charge < -0.3 is 4.42 Å². The van der Waals surface area contributed by atoms with Crippen LogP contribution in [-0.2, 0) is 10.0 Å². The molecule has 0 bridgehead atoms. The van der Waals surface area contributed by atoms with E-state index in [1.165, 1.54) is 11.3 Å². The molecule has 0 spiro atoms. The van der Waals surface area contributed by atoms with Crippen LogP contribution in [0.25, 0.3) is 0 Å². The maximum atomic E-state index is 12.1. The number of thiophene rings is 1. The van der Waals surface area contributed by atoms with Crippen LogP contribution in [0.5, 0.6) is 0 Å². The van der Waals surface area contributed by atoms with Gasteiger partial charge in [0.1, 0.15) is 15.7 Å². The van der Waals surface area contributed by atoms with Gasteiger partial charge in [0.2, 0.25) is 0 Å². The summed E-state index contributed by atoms with van der Waals surface area (Å²) < 4.78 is 33.2. The van der Waals surface area contributed by atoms with Crippen molar-refractivity contribution in [2.45, 2.75) is 24.1 Å². The minimum absolute atomic E-state index is 0.282. The van der Waals surface area contributed by atoms with Gasteiger partial charge in [-0.25, -0.2) is 13.1 Å². The van der Waals surface area contributed by atoms with Gasteiger partial charge in [0, 0.05) is 0 Å². The first-order valence-corrected chi connectivity index (χ1v) is 8.32. The molecule has 0 radical (unpaired) electrons. The van der Waals surface area contributed by atoms with Gasteiger partial charge in [0.25, 0.3) is 10.0 Å². The van der Waals surface area contributed by atoms with Crippen LogP contribution in [0.3, 0.4) is 0 Å². The number of aryl methyl sites for hydroxylation is 1. The second-order valence-electron chi connectivity index (χ2n) is 3.85. The Morgan fingerprint density at radius 1 is 1.33 bits per heavy atom. The fraction of sp³-hybridized carbons (Fsp3) is 0.273. The summed E-state index contributed by atoms with van der Waals surface area (Å²) in [6.45, 7) is 3.57. The SMILES string of the molecule is Cc1ccc(C(C)NS(=O)(=O)c2ccc(Br)s2)o1. The van der Waals surface area contributed by atoms with Crippen molar-refractivity contribution in [3.05, 3.63) is 39.6 Å². The van der Waals surface area contributed by atoms with Crippen LogP contribution in [0.15, 0.2) is 36.7 Å². The van der Waals surface area contributed by atoms with E-state index in [9.17, 15) is 8.42 Å². The summed E-state index contributed by atoms with van der Waals surface area (Å²) in [6, 6.07) is 6.46. The van der Waals surface area contributed by atoms with Crippen molar-refractivity contribution in [1.29, 1.82) is 0 Å². The van der Waals surface area contributed by atoms with Gasteiger partial charge in [-0.1, -0.05) is 0 Å². The molecule has 0 amide bonds. The lowest BCUT2D eigenvalue weighted by molar-refractivity contribution is 0.441. The van der Waals surface area contributed by atoms with Crippen molar-refractivity contribution in [3.8, 4) is 0 Å². The first kappa shape index (κ1) is 13.8. The molecular formula is C11H12BrNO3S2. The fourth-order valence-electron chi connectivity index (χ4n) is 1.48. The molecule has 2 aromatic rings. The number of hydrogen-bond donors (Lipinski definition) is 1. The van der Waals surface area contributed by atoms with Gasteiger partial charge in [-0.15, -0.1) is 11.3 Å². The van der Waals surface area contributed by atoms with E-state index in [1.807, 2.05) is 13.0 Å². The molecule has 0 aliphatic heterocycles. The Bertz CT molecular complexity index is 645. The lowest BCUT2D eigenvalue weighted by Crippen LogP contribution is -2.25. The average Bonchev–Trinajstić information content (AvgIpc) is 2.86. The summed E-state index contributed by atoms with van der Waals surface area (Å²) in [7, 11) is -3.50. The van der Waals surface area contributed by atoms with E-state index in [2.05, 4.69) is 20.7 Å². The van der Waals surface area contributed by atoms with Gasteiger partial charge in [0.05, 0.1) is 9.83 Å². The molecular weight excluding hydrogens is 338 g/mol. The average molecular weight is 350 g/mol. The number of hydrogen-bond acceptors (Lipinski definition) is 4. The summed E-state index contributed by atoms with van der Waals surface area (Å²) in [6.07, 6.45) is 0. The molecule has 0 saturated carbocycles. The normalized spacial score (nSPS) is 13.7. The van der Waals surface area contributed by atoms with Gasteiger partial charge >= 0.3 is 0 Å². The van der Waals surface area contributed by atoms with E-state index in [4.69, 9.17) is 4.42 Å². The molecule has 2 aromatic heterocycles. The molecule has 1 unspecified atom stereocenters. The maximum Gasteiger partial charge on any atom is 0.250 e. The monoisotopic (exact) mass is 349 g/mol. The minimum atomic E-state index is -3.50. The molecule has 4 nitrogen and oxygen atoms in total. The molecule has 1 N–H and O–H groups in total.